The van der Waals surface area contributed by atoms with Crippen molar-refractivity contribution < 1.29 is 13.2 Å². The number of benzene rings is 1. The fourth-order valence-electron chi connectivity index (χ4n) is 1.26. The molecule has 0 radical (unpaired) electrons. The van der Waals surface area contributed by atoms with Gasteiger partial charge in [-0.2, -0.15) is 0 Å². The van der Waals surface area contributed by atoms with E-state index in [1.54, 1.807) is 0 Å². The molecule has 6 nitrogen and oxygen atoms in total. The minimum absolute atomic E-state index is 0.00587. The van der Waals surface area contributed by atoms with E-state index in [2.05, 4.69) is 5.32 Å². The van der Waals surface area contributed by atoms with Crippen LogP contribution in [-0.2, 0) is 14.8 Å². The van der Waals surface area contributed by atoms with Gasteiger partial charge < -0.3 is 11.1 Å². The first-order valence-electron chi connectivity index (χ1n) is 5.41. The molecule has 18 heavy (non-hydrogen) atoms. The lowest BCUT2D eigenvalue weighted by Crippen LogP contribution is -2.39. The number of nitrogens with one attached hydrogen (secondary N) is 1. The maximum Gasteiger partial charge on any atom is 0.241 e. The van der Waals surface area contributed by atoms with Gasteiger partial charge in [0, 0.05) is 5.69 Å². The van der Waals surface area contributed by atoms with Crippen LogP contribution in [0.5, 0.6) is 0 Å². The maximum atomic E-state index is 11.7. The molecule has 0 unspecified atom stereocenters. The van der Waals surface area contributed by atoms with Crippen molar-refractivity contribution in [1.82, 2.24) is 0 Å². The molecule has 1 aromatic carbocycles. The van der Waals surface area contributed by atoms with Crippen molar-refractivity contribution in [3.63, 3.8) is 0 Å². The highest BCUT2D eigenvalue weighted by atomic mass is 32.2. The Morgan fingerprint density at radius 3 is 2.11 bits per heavy atom. The number of nitrogens with two attached hydrogens (primary N) is 2. The lowest BCUT2D eigenvalue weighted by molar-refractivity contribution is -0.118. The molecule has 100 valence electrons. The molecular formula is C11H17N3O3S. The summed E-state index contributed by atoms with van der Waals surface area (Å²) in [6.07, 6.45) is 0. The first kappa shape index (κ1) is 14.6. The first-order chi connectivity index (χ1) is 8.21. The molecule has 0 heterocycles. The summed E-state index contributed by atoms with van der Waals surface area (Å²) in [6.45, 7) is 3.68. The number of anilines is 1. The van der Waals surface area contributed by atoms with E-state index < -0.39 is 16.1 Å². The summed E-state index contributed by atoms with van der Waals surface area (Å²) in [5.74, 6) is -0.290. The van der Waals surface area contributed by atoms with Crippen molar-refractivity contribution in [3.8, 4) is 0 Å². The van der Waals surface area contributed by atoms with Gasteiger partial charge in [-0.1, -0.05) is 13.8 Å². The van der Waals surface area contributed by atoms with Crippen LogP contribution >= 0.6 is 0 Å². The van der Waals surface area contributed by atoms with Crippen molar-refractivity contribution in [2.75, 3.05) is 5.32 Å². The Balaban J connectivity index is 2.79. The lowest BCUT2D eigenvalue weighted by atomic mass is 10.1. The third kappa shape index (κ3) is 3.80. The number of hydrogen-bond donors (Lipinski definition) is 3. The van der Waals surface area contributed by atoms with E-state index in [0.29, 0.717) is 5.69 Å². The quantitative estimate of drug-likeness (QED) is 0.728. The van der Waals surface area contributed by atoms with Crippen LogP contribution in [0.2, 0.25) is 0 Å². The molecule has 1 aromatic rings. The molecule has 0 aliphatic rings. The molecular weight excluding hydrogens is 254 g/mol. The predicted octanol–water partition coefficient (Wildman–Crippen LogP) is 0.256. The zero-order valence-corrected chi connectivity index (χ0v) is 11.1. The van der Waals surface area contributed by atoms with Crippen molar-refractivity contribution in [1.29, 1.82) is 0 Å². The van der Waals surface area contributed by atoms with Crippen molar-refractivity contribution in [2.24, 2.45) is 16.8 Å². The van der Waals surface area contributed by atoms with Crippen molar-refractivity contribution in [2.45, 2.75) is 24.8 Å². The molecule has 1 rings (SSSR count). The topological polar surface area (TPSA) is 115 Å². The third-order valence-corrected chi connectivity index (χ3v) is 3.40. The lowest BCUT2D eigenvalue weighted by Gasteiger charge is -2.15. The van der Waals surface area contributed by atoms with Gasteiger partial charge in [0.2, 0.25) is 15.9 Å². The van der Waals surface area contributed by atoms with E-state index >= 15 is 0 Å². The van der Waals surface area contributed by atoms with Gasteiger partial charge in [0.05, 0.1) is 10.9 Å². The maximum absolute atomic E-state index is 11.7. The van der Waals surface area contributed by atoms with Gasteiger partial charge in [0.25, 0.3) is 0 Å². The van der Waals surface area contributed by atoms with E-state index in [-0.39, 0.29) is 16.7 Å². The second-order valence-electron chi connectivity index (χ2n) is 4.33. The van der Waals surface area contributed by atoms with Crippen LogP contribution in [0.1, 0.15) is 13.8 Å². The van der Waals surface area contributed by atoms with E-state index in [4.69, 9.17) is 10.9 Å². The Labute approximate surface area is 106 Å². The number of primary sulfonamides is 1. The summed E-state index contributed by atoms with van der Waals surface area (Å²) < 4.78 is 22.1. The Kier molecular flexibility index (Phi) is 4.44. The van der Waals surface area contributed by atoms with Crippen LogP contribution in [-0.4, -0.2) is 20.4 Å². The fourth-order valence-corrected chi connectivity index (χ4v) is 1.77. The smallest absolute Gasteiger partial charge is 0.241 e. The SMILES string of the molecule is CC(C)[C@H](N)C(=O)Nc1ccc(S(N)(=O)=O)cc1. The van der Waals surface area contributed by atoms with Crippen molar-refractivity contribution in [3.05, 3.63) is 24.3 Å². The number of carbonyl (C=O) groups excluding carboxylic acids is 1. The highest BCUT2D eigenvalue weighted by Gasteiger charge is 2.17. The molecule has 0 saturated heterocycles. The van der Waals surface area contributed by atoms with E-state index in [1.165, 1.54) is 24.3 Å². The Morgan fingerprint density at radius 2 is 1.72 bits per heavy atom. The monoisotopic (exact) mass is 271 g/mol. The second kappa shape index (κ2) is 5.47. The summed E-state index contributed by atoms with van der Waals surface area (Å²) in [4.78, 5) is 11.7. The van der Waals surface area contributed by atoms with Crippen LogP contribution in [0.4, 0.5) is 5.69 Å². The summed E-state index contributed by atoms with van der Waals surface area (Å²) in [5, 5.41) is 7.56. The fraction of sp³-hybridized carbons (Fsp3) is 0.364. The normalized spacial score (nSPS) is 13.4. The van der Waals surface area contributed by atoms with Gasteiger partial charge in [0.1, 0.15) is 0 Å². The van der Waals surface area contributed by atoms with Gasteiger partial charge in [-0.05, 0) is 30.2 Å². The molecule has 7 heteroatoms. The summed E-state index contributed by atoms with van der Waals surface area (Å²) in [5.41, 5.74) is 6.15. The van der Waals surface area contributed by atoms with E-state index in [9.17, 15) is 13.2 Å². The Bertz CT molecular complexity index is 523. The number of sulfonamides is 1. The summed E-state index contributed by atoms with van der Waals surface area (Å²) >= 11 is 0. The molecule has 0 spiro atoms. The molecule has 0 aromatic heterocycles. The van der Waals surface area contributed by atoms with Crippen LogP contribution in [0.15, 0.2) is 29.2 Å². The van der Waals surface area contributed by atoms with Crippen LogP contribution in [0, 0.1) is 5.92 Å². The van der Waals surface area contributed by atoms with Crippen LogP contribution < -0.4 is 16.2 Å². The van der Waals surface area contributed by atoms with Gasteiger partial charge in [-0.3, -0.25) is 4.79 Å². The standard InChI is InChI=1S/C11H17N3O3S/c1-7(2)10(12)11(15)14-8-3-5-9(6-4-8)18(13,16)17/h3-7,10H,12H2,1-2H3,(H,14,15)(H2,13,16,17)/t10-/m0/s1. The van der Waals surface area contributed by atoms with Gasteiger partial charge in [-0.25, -0.2) is 13.6 Å². The third-order valence-electron chi connectivity index (χ3n) is 2.47. The number of hydrogen-bond acceptors (Lipinski definition) is 4. The average molecular weight is 271 g/mol. The Morgan fingerprint density at radius 1 is 1.22 bits per heavy atom. The second-order valence-corrected chi connectivity index (χ2v) is 5.89. The molecule has 5 N–H and O–H groups in total. The van der Waals surface area contributed by atoms with Crippen molar-refractivity contribution >= 4 is 21.6 Å². The first-order valence-corrected chi connectivity index (χ1v) is 6.96. The predicted molar refractivity (Wildman–Crippen MR) is 69.3 cm³/mol. The van der Waals surface area contributed by atoms with Gasteiger partial charge in [-0.15, -0.1) is 0 Å². The number of amides is 1. The molecule has 0 fully saturated rings. The highest BCUT2D eigenvalue weighted by molar-refractivity contribution is 7.89. The minimum Gasteiger partial charge on any atom is -0.325 e. The van der Waals surface area contributed by atoms with Crippen LogP contribution in [0.25, 0.3) is 0 Å². The molecule has 0 aliphatic carbocycles. The van der Waals surface area contributed by atoms with E-state index in [0.717, 1.165) is 0 Å². The summed E-state index contributed by atoms with van der Waals surface area (Å²) in [7, 11) is -3.72. The number of carbonyl (C=O) groups is 1. The van der Waals surface area contributed by atoms with Gasteiger partial charge >= 0.3 is 0 Å². The van der Waals surface area contributed by atoms with E-state index in [1.807, 2.05) is 13.8 Å². The molecule has 1 atom stereocenters. The van der Waals surface area contributed by atoms with Crippen LogP contribution in [0.3, 0.4) is 0 Å². The molecule has 1 amide bonds. The number of rotatable bonds is 4. The summed E-state index contributed by atoms with van der Waals surface area (Å²) in [6, 6.07) is 4.97. The molecule has 0 aliphatic heterocycles. The molecule has 0 saturated carbocycles. The zero-order valence-electron chi connectivity index (χ0n) is 10.3. The minimum atomic E-state index is -3.72. The highest BCUT2D eigenvalue weighted by Crippen LogP contribution is 2.13. The largest absolute Gasteiger partial charge is 0.325 e. The average Bonchev–Trinajstić information content (AvgIpc) is 2.27. The Hall–Kier alpha value is -1.44. The van der Waals surface area contributed by atoms with Gasteiger partial charge in [0.15, 0.2) is 0 Å². The zero-order chi connectivity index (χ0) is 13.9. The molecule has 0 bridgehead atoms.